The van der Waals surface area contributed by atoms with E-state index in [2.05, 4.69) is 54.9 Å². The van der Waals surface area contributed by atoms with Crippen molar-refractivity contribution in [2.24, 2.45) is 0 Å². The second kappa shape index (κ2) is 7.16. The summed E-state index contributed by atoms with van der Waals surface area (Å²) in [5.41, 5.74) is 3.46. The highest BCUT2D eigenvalue weighted by atomic mass is 16.2. The molecule has 0 bridgehead atoms. The molecule has 1 aliphatic heterocycles. The SMILES string of the molecule is O=C(c1cn[nH]c1-n1cnnn1)N1CCN(C2CCc3ccccc3C2)CC1. The average molecular weight is 378 g/mol. The highest BCUT2D eigenvalue weighted by Gasteiger charge is 2.30. The molecule has 0 radical (unpaired) electrons. The fraction of sp³-hybridized carbons (Fsp3) is 0.421. The Bertz CT molecular complexity index is 958. The highest BCUT2D eigenvalue weighted by Crippen LogP contribution is 2.25. The molecule has 144 valence electrons. The van der Waals surface area contributed by atoms with E-state index in [1.807, 2.05) is 4.90 Å². The summed E-state index contributed by atoms with van der Waals surface area (Å²) < 4.78 is 1.43. The molecule has 5 rings (SSSR count). The van der Waals surface area contributed by atoms with Crippen LogP contribution in [0.4, 0.5) is 0 Å². The first-order valence-electron chi connectivity index (χ1n) is 9.66. The van der Waals surface area contributed by atoms with E-state index in [4.69, 9.17) is 0 Å². The number of rotatable bonds is 3. The molecule has 1 fully saturated rings. The first-order valence-corrected chi connectivity index (χ1v) is 9.66. The standard InChI is InChI=1S/C19H22N8O/c28-19(17-12-20-22-18(17)27-13-21-23-24-27)26-9-7-25(8-10-26)16-6-5-14-3-1-2-4-15(14)11-16/h1-4,12-13,16H,5-11H2,(H,20,22). The summed E-state index contributed by atoms with van der Waals surface area (Å²) in [7, 11) is 0. The maximum atomic E-state index is 13.0. The summed E-state index contributed by atoms with van der Waals surface area (Å²) in [6, 6.07) is 9.32. The van der Waals surface area contributed by atoms with Gasteiger partial charge in [0.2, 0.25) is 0 Å². The van der Waals surface area contributed by atoms with Crippen LogP contribution >= 0.6 is 0 Å². The van der Waals surface area contributed by atoms with Crippen LogP contribution in [0.25, 0.3) is 5.82 Å². The van der Waals surface area contributed by atoms with Gasteiger partial charge in [-0.3, -0.25) is 14.8 Å². The first kappa shape index (κ1) is 17.1. The van der Waals surface area contributed by atoms with E-state index < -0.39 is 0 Å². The Morgan fingerprint density at radius 3 is 2.71 bits per heavy atom. The van der Waals surface area contributed by atoms with Crippen molar-refractivity contribution in [3.05, 3.63) is 53.5 Å². The number of nitrogens with zero attached hydrogens (tertiary/aromatic N) is 7. The van der Waals surface area contributed by atoms with E-state index in [0.717, 1.165) is 39.0 Å². The van der Waals surface area contributed by atoms with E-state index in [-0.39, 0.29) is 5.91 Å². The predicted octanol–water partition coefficient (Wildman–Crippen LogP) is 0.701. The molecule has 1 atom stereocenters. The summed E-state index contributed by atoms with van der Waals surface area (Å²) in [6.07, 6.45) is 6.43. The Morgan fingerprint density at radius 2 is 1.93 bits per heavy atom. The van der Waals surface area contributed by atoms with Gasteiger partial charge in [-0.05, 0) is 40.8 Å². The van der Waals surface area contributed by atoms with Crippen molar-refractivity contribution in [1.82, 2.24) is 40.2 Å². The smallest absolute Gasteiger partial charge is 0.259 e. The number of aryl methyl sites for hydroxylation is 1. The van der Waals surface area contributed by atoms with Gasteiger partial charge in [0, 0.05) is 32.2 Å². The third kappa shape index (κ3) is 3.07. The Labute approximate surface area is 162 Å². The number of hydrogen-bond donors (Lipinski definition) is 1. The van der Waals surface area contributed by atoms with Gasteiger partial charge in [0.05, 0.1) is 6.20 Å². The maximum absolute atomic E-state index is 13.0. The van der Waals surface area contributed by atoms with Crippen LogP contribution in [0, 0.1) is 0 Å². The van der Waals surface area contributed by atoms with Crippen molar-refractivity contribution in [3.8, 4) is 5.82 Å². The van der Waals surface area contributed by atoms with Gasteiger partial charge >= 0.3 is 0 Å². The number of tetrazole rings is 1. The number of carbonyl (C=O) groups is 1. The van der Waals surface area contributed by atoms with Gasteiger partial charge in [0.25, 0.3) is 5.91 Å². The van der Waals surface area contributed by atoms with Crippen molar-refractivity contribution in [3.63, 3.8) is 0 Å². The molecule has 0 saturated carbocycles. The van der Waals surface area contributed by atoms with Crippen molar-refractivity contribution in [2.45, 2.75) is 25.3 Å². The molecule has 1 N–H and O–H groups in total. The zero-order chi connectivity index (χ0) is 18.9. The second-order valence-corrected chi connectivity index (χ2v) is 7.38. The fourth-order valence-corrected chi connectivity index (χ4v) is 4.32. The lowest BCUT2D eigenvalue weighted by Crippen LogP contribution is -2.53. The van der Waals surface area contributed by atoms with E-state index >= 15 is 0 Å². The number of H-pyrrole nitrogens is 1. The second-order valence-electron chi connectivity index (χ2n) is 7.38. The zero-order valence-electron chi connectivity index (χ0n) is 15.5. The molecule has 1 amide bonds. The first-order chi connectivity index (χ1) is 13.8. The third-order valence-electron chi connectivity index (χ3n) is 5.87. The van der Waals surface area contributed by atoms with Crippen LogP contribution in [0.3, 0.4) is 0 Å². The molecule has 0 spiro atoms. The Balaban J connectivity index is 1.23. The van der Waals surface area contributed by atoms with Crippen LogP contribution < -0.4 is 0 Å². The van der Waals surface area contributed by atoms with Crippen LogP contribution in [0.15, 0.2) is 36.8 Å². The number of benzene rings is 1. The van der Waals surface area contributed by atoms with Crippen molar-refractivity contribution < 1.29 is 4.79 Å². The average Bonchev–Trinajstić information content (AvgIpc) is 3.44. The molecule has 9 nitrogen and oxygen atoms in total. The van der Waals surface area contributed by atoms with Gasteiger partial charge in [-0.25, -0.2) is 0 Å². The molecule has 1 saturated heterocycles. The van der Waals surface area contributed by atoms with Crippen molar-refractivity contribution >= 4 is 5.91 Å². The van der Waals surface area contributed by atoms with E-state index in [1.165, 1.54) is 28.6 Å². The number of hydrogen-bond acceptors (Lipinski definition) is 6. The van der Waals surface area contributed by atoms with Gasteiger partial charge < -0.3 is 4.90 Å². The van der Waals surface area contributed by atoms with E-state index in [0.29, 0.717) is 17.4 Å². The van der Waals surface area contributed by atoms with Crippen molar-refractivity contribution in [2.75, 3.05) is 26.2 Å². The molecule has 9 heteroatoms. The van der Waals surface area contributed by atoms with E-state index in [1.54, 1.807) is 6.20 Å². The van der Waals surface area contributed by atoms with Gasteiger partial charge in [-0.2, -0.15) is 9.78 Å². The number of nitrogens with one attached hydrogen (secondary N) is 1. The van der Waals surface area contributed by atoms with Gasteiger partial charge in [-0.1, -0.05) is 24.3 Å². The Kier molecular flexibility index (Phi) is 4.36. The molecule has 2 aromatic heterocycles. The number of fused-ring (bicyclic) bond motifs is 1. The Morgan fingerprint density at radius 1 is 1.11 bits per heavy atom. The van der Waals surface area contributed by atoms with Gasteiger partial charge in [-0.15, -0.1) is 5.10 Å². The highest BCUT2D eigenvalue weighted by molar-refractivity contribution is 5.97. The van der Waals surface area contributed by atoms with Crippen LogP contribution in [0.1, 0.15) is 27.9 Å². The quantitative estimate of drug-likeness (QED) is 0.721. The van der Waals surface area contributed by atoms with Gasteiger partial charge in [0.1, 0.15) is 11.9 Å². The summed E-state index contributed by atoms with van der Waals surface area (Å²) in [5.74, 6) is 0.467. The lowest BCUT2D eigenvalue weighted by Gasteiger charge is -2.41. The maximum Gasteiger partial charge on any atom is 0.259 e. The number of aromatic nitrogens is 6. The summed E-state index contributed by atoms with van der Waals surface area (Å²) in [5, 5.41) is 17.9. The number of aromatic amines is 1. The molecule has 1 aromatic carbocycles. The lowest BCUT2D eigenvalue weighted by atomic mass is 9.87. The molecule has 1 aliphatic carbocycles. The topological polar surface area (TPSA) is 95.8 Å². The van der Waals surface area contributed by atoms with Gasteiger partial charge in [0.15, 0.2) is 5.82 Å². The van der Waals surface area contributed by atoms with E-state index in [9.17, 15) is 4.79 Å². The molecule has 3 heterocycles. The monoisotopic (exact) mass is 378 g/mol. The summed E-state index contributed by atoms with van der Waals surface area (Å²) >= 11 is 0. The minimum Gasteiger partial charge on any atom is -0.336 e. The molecular weight excluding hydrogens is 356 g/mol. The summed E-state index contributed by atoms with van der Waals surface area (Å²) in [6.45, 7) is 3.24. The molecule has 3 aromatic rings. The van der Waals surface area contributed by atoms with Crippen molar-refractivity contribution in [1.29, 1.82) is 0 Å². The third-order valence-corrected chi connectivity index (χ3v) is 5.87. The molecule has 2 aliphatic rings. The minimum absolute atomic E-state index is 0.0344. The molecule has 1 unspecified atom stereocenters. The molecule has 28 heavy (non-hydrogen) atoms. The zero-order valence-corrected chi connectivity index (χ0v) is 15.5. The summed E-state index contributed by atoms with van der Waals surface area (Å²) in [4.78, 5) is 17.4. The number of amides is 1. The minimum atomic E-state index is -0.0344. The largest absolute Gasteiger partial charge is 0.336 e. The predicted molar refractivity (Wildman–Crippen MR) is 101 cm³/mol. The van der Waals surface area contributed by atoms with Crippen LogP contribution in [-0.4, -0.2) is 78.3 Å². The molecular formula is C19H22N8O. The lowest BCUT2D eigenvalue weighted by molar-refractivity contribution is 0.0553. The number of carbonyl (C=O) groups excluding carboxylic acids is 1. The van der Waals surface area contributed by atoms with Crippen LogP contribution in [0.2, 0.25) is 0 Å². The normalized spacial score (nSPS) is 20.1. The Hall–Kier alpha value is -3.07. The van der Waals surface area contributed by atoms with Crippen LogP contribution in [-0.2, 0) is 12.8 Å². The fourth-order valence-electron chi connectivity index (χ4n) is 4.32. The number of piperazine rings is 1. The van der Waals surface area contributed by atoms with Crippen LogP contribution in [0.5, 0.6) is 0 Å².